The molecule has 0 fully saturated rings. The smallest absolute Gasteiger partial charge is 0.217 e. The van der Waals surface area contributed by atoms with Gasteiger partial charge in [-0.15, -0.1) is 11.8 Å². The van der Waals surface area contributed by atoms with Crippen LogP contribution in [0.25, 0.3) is 0 Å². The molecule has 2 rings (SSSR count). The number of methoxy groups -OCH3 is 1. The molecule has 2 N–H and O–H groups in total. The molecule has 0 aliphatic rings. The standard InChI is InChI=1S/C14H16N2OS/c1-17-14-12(5-3-7-16-14)10-18-13-6-2-4-11(8-13)9-15/h2-8H,9-10,15H2,1H3. The van der Waals surface area contributed by atoms with Gasteiger partial charge in [0.15, 0.2) is 0 Å². The lowest BCUT2D eigenvalue weighted by atomic mass is 10.2. The topological polar surface area (TPSA) is 48.1 Å². The van der Waals surface area contributed by atoms with Crippen molar-refractivity contribution in [2.45, 2.75) is 17.2 Å². The Kier molecular flexibility index (Phi) is 4.61. The third-order valence-corrected chi connectivity index (χ3v) is 3.61. The van der Waals surface area contributed by atoms with E-state index in [0.717, 1.165) is 16.9 Å². The molecule has 94 valence electrons. The molecule has 0 amide bonds. The fourth-order valence-electron chi connectivity index (χ4n) is 1.64. The van der Waals surface area contributed by atoms with E-state index in [-0.39, 0.29) is 0 Å². The summed E-state index contributed by atoms with van der Waals surface area (Å²) in [5, 5.41) is 0. The highest BCUT2D eigenvalue weighted by molar-refractivity contribution is 7.98. The molecule has 4 heteroatoms. The molecule has 0 atom stereocenters. The maximum Gasteiger partial charge on any atom is 0.217 e. The van der Waals surface area contributed by atoms with Crippen LogP contribution in [0, 0.1) is 0 Å². The van der Waals surface area contributed by atoms with Gasteiger partial charge in [-0.1, -0.05) is 18.2 Å². The minimum Gasteiger partial charge on any atom is -0.481 e. The Morgan fingerprint density at radius 3 is 2.94 bits per heavy atom. The first kappa shape index (κ1) is 12.9. The fraction of sp³-hybridized carbons (Fsp3) is 0.214. The molecule has 0 bridgehead atoms. The Hall–Kier alpha value is -1.52. The van der Waals surface area contributed by atoms with Crippen LogP contribution in [0.2, 0.25) is 0 Å². The molecule has 0 saturated carbocycles. The zero-order valence-electron chi connectivity index (χ0n) is 10.3. The van der Waals surface area contributed by atoms with E-state index in [1.165, 1.54) is 4.90 Å². The predicted octanol–water partition coefficient (Wildman–Crippen LogP) is 2.84. The second-order valence-electron chi connectivity index (χ2n) is 3.81. The average molecular weight is 260 g/mol. The second-order valence-corrected chi connectivity index (χ2v) is 4.86. The van der Waals surface area contributed by atoms with Gasteiger partial charge in [-0.3, -0.25) is 0 Å². The predicted molar refractivity (Wildman–Crippen MR) is 74.7 cm³/mol. The number of ether oxygens (including phenoxy) is 1. The summed E-state index contributed by atoms with van der Waals surface area (Å²) in [7, 11) is 1.64. The SMILES string of the molecule is COc1ncccc1CSc1cccc(CN)c1. The third kappa shape index (κ3) is 3.24. The van der Waals surface area contributed by atoms with Gasteiger partial charge in [-0.05, 0) is 23.8 Å². The van der Waals surface area contributed by atoms with Crippen molar-refractivity contribution in [2.24, 2.45) is 5.73 Å². The van der Waals surface area contributed by atoms with E-state index in [2.05, 4.69) is 17.1 Å². The van der Waals surface area contributed by atoms with Gasteiger partial charge in [0.2, 0.25) is 5.88 Å². The van der Waals surface area contributed by atoms with Gasteiger partial charge in [0.05, 0.1) is 7.11 Å². The van der Waals surface area contributed by atoms with E-state index in [0.29, 0.717) is 12.4 Å². The molecule has 0 unspecified atom stereocenters. The van der Waals surface area contributed by atoms with E-state index >= 15 is 0 Å². The first-order chi connectivity index (χ1) is 8.83. The molecule has 1 aromatic heterocycles. The molecule has 0 radical (unpaired) electrons. The highest BCUT2D eigenvalue weighted by atomic mass is 32.2. The molecule has 1 aromatic carbocycles. The third-order valence-electron chi connectivity index (χ3n) is 2.57. The summed E-state index contributed by atoms with van der Waals surface area (Å²) in [6.07, 6.45) is 1.74. The van der Waals surface area contributed by atoms with Crippen LogP contribution in [0.5, 0.6) is 5.88 Å². The van der Waals surface area contributed by atoms with E-state index in [1.54, 1.807) is 25.1 Å². The van der Waals surface area contributed by atoms with Gasteiger partial charge in [-0.2, -0.15) is 0 Å². The Labute approximate surface area is 111 Å². The van der Waals surface area contributed by atoms with Gasteiger partial charge in [0.1, 0.15) is 0 Å². The molecule has 0 spiro atoms. The largest absolute Gasteiger partial charge is 0.481 e. The molecule has 0 aliphatic carbocycles. The number of pyridine rings is 1. The van der Waals surface area contributed by atoms with Crippen molar-refractivity contribution in [1.29, 1.82) is 0 Å². The van der Waals surface area contributed by atoms with Crippen LogP contribution in [0.15, 0.2) is 47.5 Å². The maximum atomic E-state index is 5.63. The first-order valence-corrected chi connectivity index (χ1v) is 6.71. The zero-order valence-corrected chi connectivity index (χ0v) is 11.1. The molecule has 3 nitrogen and oxygen atoms in total. The van der Waals surface area contributed by atoms with Crippen LogP contribution in [0.4, 0.5) is 0 Å². The fourth-order valence-corrected chi connectivity index (χ4v) is 2.59. The van der Waals surface area contributed by atoms with E-state index in [1.807, 2.05) is 24.3 Å². The number of hydrogen-bond donors (Lipinski definition) is 1. The van der Waals surface area contributed by atoms with E-state index < -0.39 is 0 Å². The quantitative estimate of drug-likeness (QED) is 0.840. The van der Waals surface area contributed by atoms with Crippen LogP contribution < -0.4 is 10.5 Å². The molecular weight excluding hydrogens is 244 g/mol. The van der Waals surface area contributed by atoms with Gasteiger partial charge in [0.25, 0.3) is 0 Å². The lowest BCUT2D eigenvalue weighted by Crippen LogP contribution is -1.96. The summed E-state index contributed by atoms with van der Waals surface area (Å²) in [6, 6.07) is 12.2. The van der Waals surface area contributed by atoms with Crippen molar-refractivity contribution in [1.82, 2.24) is 4.98 Å². The Bertz CT molecular complexity index is 517. The molecule has 1 heterocycles. The van der Waals surface area contributed by atoms with E-state index in [9.17, 15) is 0 Å². The Morgan fingerprint density at radius 2 is 2.17 bits per heavy atom. The van der Waals surface area contributed by atoms with Gasteiger partial charge >= 0.3 is 0 Å². The number of rotatable bonds is 5. The number of benzene rings is 1. The number of nitrogens with two attached hydrogens (primary N) is 1. The van der Waals surface area contributed by atoms with Crippen LogP contribution in [0.3, 0.4) is 0 Å². The highest BCUT2D eigenvalue weighted by Crippen LogP contribution is 2.26. The Balaban J connectivity index is 2.06. The first-order valence-electron chi connectivity index (χ1n) is 5.73. The van der Waals surface area contributed by atoms with Crippen molar-refractivity contribution < 1.29 is 4.74 Å². The molecule has 0 aliphatic heterocycles. The van der Waals surface area contributed by atoms with Crippen LogP contribution in [-0.2, 0) is 12.3 Å². The van der Waals surface area contributed by atoms with Crippen molar-refractivity contribution in [3.8, 4) is 5.88 Å². The lowest BCUT2D eigenvalue weighted by molar-refractivity contribution is 0.394. The average Bonchev–Trinajstić information content (AvgIpc) is 2.45. The summed E-state index contributed by atoms with van der Waals surface area (Å²) in [4.78, 5) is 5.40. The summed E-state index contributed by atoms with van der Waals surface area (Å²) >= 11 is 1.76. The van der Waals surface area contributed by atoms with Crippen molar-refractivity contribution >= 4 is 11.8 Å². The number of aromatic nitrogens is 1. The monoisotopic (exact) mass is 260 g/mol. The second kappa shape index (κ2) is 6.42. The zero-order chi connectivity index (χ0) is 12.8. The summed E-state index contributed by atoms with van der Waals surface area (Å²) in [5.74, 6) is 1.53. The van der Waals surface area contributed by atoms with Gasteiger partial charge in [-0.25, -0.2) is 4.98 Å². The van der Waals surface area contributed by atoms with Crippen molar-refractivity contribution in [2.75, 3.05) is 7.11 Å². The van der Waals surface area contributed by atoms with E-state index in [4.69, 9.17) is 10.5 Å². The summed E-state index contributed by atoms with van der Waals surface area (Å²) < 4.78 is 5.23. The van der Waals surface area contributed by atoms with Gasteiger partial charge in [0, 0.05) is 29.0 Å². The minimum atomic E-state index is 0.574. The molecule has 0 saturated heterocycles. The molecule has 18 heavy (non-hydrogen) atoms. The van der Waals surface area contributed by atoms with Crippen molar-refractivity contribution in [3.63, 3.8) is 0 Å². The molecule has 2 aromatic rings. The van der Waals surface area contributed by atoms with Gasteiger partial charge < -0.3 is 10.5 Å². The summed E-state index contributed by atoms with van der Waals surface area (Å²) in [5.41, 5.74) is 7.88. The van der Waals surface area contributed by atoms with Crippen LogP contribution in [-0.4, -0.2) is 12.1 Å². The Morgan fingerprint density at radius 1 is 1.28 bits per heavy atom. The molecular formula is C14H16N2OS. The van der Waals surface area contributed by atoms with Crippen LogP contribution >= 0.6 is 11.8 Å². The normalized spacial score (nSPS) is 10.3. The number of nitrogens with zero attached hydrogens (tertiary/aromatic N) is 1. The highest BCUT2D eigenvalue weighted by Gasteiger charge is 2.04. The number of hydrogen-bond acceptors (Lipinski definition) is 4. The minimum absolute atomic E-state index is 0.574. The number of thioether (sulfide) groups is 1. The maximum absolute atomic E-state index is 5.63. The van der Waals surface area contributed by atoms with Crippen LogP contribution in [0.1, 0.15) is 11.1 Å². The lowest BCUT2D eigenvalue weighted by Gasteiger charge is -2.07. The van der Waals surface area contributed by atoms with Crippen molar-refractivity contribution in [3.05, 3.63) is 53.7 Å². The summed E-state index contributed by atoms with van der Waals surface area (Å²) in [6.45, 7) is 0.574.